The van der Waals surface area contributed by atoms with Crippen LogP contribution in [0.5, 0.6) is 0 Å². The Morgan fingerprint density at radius 2 is 2.40 bits per heavy atom. The van der Waals surface area contributed by atoms with E-state index in [0.29, 0.717) is 0 Å². The van der Waals surface area contributed by atoms with E-state index in [1.54, 1.807) is 11.3 Å². The number of nitrogens with zero attached hydrogens (tertiary/aromatic N) is 1. The zero-order valence-corrected chi connectivity index (χ0v) is 8.44. The van der Waals surface area contributed by atoms with Gasteiger partial charge in [-0.25, -0.2) is 4.98 Å². The molecule has 0 spiro atoms. The fourth-order valence-corrected chi connectivity index (χ4v) is 4.07. The molecular formula is C7H6INS. The summed E-state index contributed by atoms with van der Waals surface area (Å²) in [7, 11) is 0. The maximum atomic E-state index is 4.30. The van der Waals surface area contributed by atoms with Gasteiger partial charge in [0.15, 0.2) is 0 Å². The Hall–Kier alpha value is -0.0300. The lowest BCUT2D eigenvalue weighted by Crippen LogP contribution is -1.86. The molecule has 1 aromatic heterocycles. The van der Waals surface area contributed by atoms with E-state index in [2.05, 4.69) is 24.1 Å². The zero-order chi connectivity index (χ0) is 6.97. The number of thiazole rings is 1. The SMILES string of the molecule is CC1=Ic2ncsc2C=C1. The molecule has 0 atom stereocenters. The first-order chi connectivity index (χ1) is 4.86. The summed E-state index contributed by atoms with van der Waals surface area (Å²) in [5.74, 6) is 0. The summed E-state index contributed by atoms with van der Waals surface area (Å²) in [5, 5.41) is 0. The van der Waals surface area contributed by atoms with E-state index >= 15 is 0 Å². The number of hydrogen-bond donors (Lipinski definition) is 0. The van der Waals surface area contributed by atoms with Crippen LogP contribution in [0.4, 0.5) is 0 Å². The molecule has 0 unspecified atom stereocenters. The number of rotatable bonds is 0. The van der Waals surface area contributed by atoms with E-state index in [4.69, 9.17) is 0 Å². The van der Waals surface area contributed by atoms with Gasteiger partial charge in [0.05, 0.1) is 10.4 Å². The van der Waals surface area contributed by atoms with Crippen molar-refractivity contribution < 1.29 is 0 Å². The van der Waals surface area contributed by atoms with Gasteiger partial charge in [0.25, 0.3) is 0 Å². The van der Waals surface area contributed by atoms with Gasteiger partial charge >= 0.3 is 0 Å². The third kappa shape index (κ3) is 1.08. The van der Waals surface area contributed by atoms with Crippen LogP contribution in [0.1, 0.15) is 11.8 Å². The average molecular weight is 263 g/mol. The van der Waals surface area contributed by atoms with Gasteiger partial charge in [-0.3, -0.25) is 0 Å². The van der Waals surface area contributed by atoms with Crippen LogP contribution in [0.25, 0.3) is 6.08 Å². The van der Waals surface area contributed by atoms with Gasteiger partial charge in [-0.05, 0) is 16.5 Å². The van der Waals surface area contributed by atoms with Crippen molar-refractivity contribution in [2.45, 2.75) is 6.92 Å². The van der Waals surface area contributed by atoms with E-state index in [1.165, 1.54) is 12.1 Å². The number of hydrogen-bond acceptors (Lipinski definition) is 2. The quantitative estimate of drug-likeness (QED) is 0.655. The van der Waals surface area contributed by atoms with Gasteiger partial charge in [-0.2, -0.15) is 0 Å². The highest BCUT2D eigenvalue weighted by Gasteiger charge is 2.04. The monoisotopic (exact) mass is 263 g/mol. The molecule has 0 saturated heterocycles. The standard InChI is InChI=1S/C7H6INS/c1-5-2-3-6-7(8-5)9-4-10-6/h2-4H,1H3. The van der Waals surface area contributed by atoms with Crippen LogP contribution >= 0.6 is 32.1 Å². The summed E-state index contributed by atoms with van der Waals surface area (Å²) in [6, 6.07) is 0. The Bertz CT molecular complexity index is 311. The van der Waals surface area contributed by atoms with Crippen molar-refractivity contribution in [2.75, 3.05) is 0 Å². The summed E-state index contributed by atoms with van der Waals surface area (Å²) < 4.78 is 2.86. The molecule has 0 N–H and O–H groups in total. The summed E-state index contributed by atoms with van der Waals surface area (Å²) in [6.45, 7) is 2.19. The summed E-state index contributed by atoms with van der Waals surface area (Å²) in [4.78, 5) is 5.68. The first-order valence-corrected chi connectivity index (χ1v) is 6.00. The normalized spacial score (nSPS) is 15.5. The molecule has 0 fully saturated rings. The lowest BCUT2D eigenvalue weighted by molar-refractivity contribution is 1.35. The van der Waals surface area contributed by atoms with Crippen molar-refractivity contribution in [3.05, 3.63) is 20.2 Å². The Labute approximate surface area is 73.6 Å². The number of aromatic nitrogens is 1. The highest BCUT2D eigenvalue weighted by atomic mass is 127. The van der Waals surface area contributed by atoms with E-state index in [0.717, 1.165) is 0 Å². The lowest BCUT2D eigenvalue weighted by atomic mass is 10.4. The minimum Gasteiger partial charge on any atom is -0.239 e. The summed E-state index contributed by atoms with van der Waals surface area (Å²) in [6.07, 6.45) is 4.39. The molecule has 1 aliphatic rings. The number of halogens is 1. The van der Waals surface area contributed by atoms with E-state index in [9.17, 15) is 0 Å². The molecule has 2 rings (SSSR count). The molecule has 1 aliphatic heterocycles. The Morgan fingerprint density at radius 1 is 1.50 bits per heavy atom. The Balaban J connectivity index is 2.62. The molecule has 0 bridgehead atoms. The van der Waals surface area contributed by atoms with Crippen LogP contribution in [0.3, 0.4) is 0 Å². The van der Waals surface area contributed by atoms with E-state index in [1.807, 2.05) is 5.51 Å². The molecule has 0 amide bonds. The molecule has 1 nitrogen and oxygen atoms in total. The van der Waals surface area contributed by atoms with Crippen LogP contribution in [0.15, 0.2) is 11.6 Å². The molecule has 10 heavy (non-hydrogen) atoms. The largest absolute Gasteiger partial charge is 0.239 e. The van der Waals surface area contributed by atoms with Crippen LogP contribution < -0.4 is 0 Å². The molecule has 0 saturated carbocycles. The van der Waals surface area contributed by atoms with Crippen molar-refractivity contribution in [3.63, 3.8) is 0 Å². The third-order valence-electron chi connectivity index (χ3n) is 1.25. The molecule has 52 valence electrons. The van der Waals surface area contributed by atoms with E-state index < -0.39 is 0 Å². The molecule has 2 heterocycles. The maximum Gasteiger partial charge on any atom is 0.114 e. The number of fused-ring (bicyclic) bond motifs is 1. The smallest absolute Gasteiger partial charge is 0.114 e. The van der Waals surface area contributed by atoms with Gasteiger partial charge in [-0.1, -0.05) is 26.8 Å². The Morgan fingerprint density at radius 3 is 3.30 bits per heavy atom. The summed E-state index contributed by atoms with van der Waals surface area (Å²) >= 11 is 1.84. The first-order valence-electron chi connectivity index (χ1n) is 2.96. The molecule has 3 heteroatoms. The Kier molecular flexibility index (Phi) is 1.69. The predicted octanol–water partition coefficient (Wildman–Crippen LogP) is 2.50. The number of allylic oxidation sites excluding steroid dienone is 1. The third-order valence-corrected chi connectivity index (χ3v) is 4.99. The van der Waals surface area contributed by atoms with Crippen molar-refractivity contribution >= 4 is 41.7 Å². The van der Waals surface area contributed by atoms with Crippen LogP contribution in [0, 0.1) is 3.70 Å². The molecule has 1 aromatic rings. The zero-order valence-electron chi connectivity index (χ0n) is 5.47. The lowest BCUT2D eigenvalue weighted by Gasteiger charge is -1.97. The molecular weight excluding hydrogens is 257 g/mol. The molecule has 0 aromatic carbocycles. The first kappa shape index (κ1) is 6.67. The second-order valence-electron chi connectivity index (χ2n) is 2.02. The van der Waals surface area contributed by atoms with Gasteiger partial charge in [0.1, 0.15) is 3.70 Å². The van der Waals surface area contributed by atoms with Crippen LogP contribution in [0.2, 0.25) is 0 Å². The van der Waals surface area contributed by atoms with Crippen molar-refractivity contribution in [1.82, 2.24) is 4.98 Å². The second kappa shape index (κ2) is 2.54. The van der Waals surface area contributed by atoms with Gasteiger partial charge in [0.2, 0.25) is 0 Å². The maximum absolute atomic E-state index is 4.30. The summed E-state index contributed by atoms with van der Waals surface area (Å²) in [5.41, 5.74) is 1.94. The van der Waals surface area contributed by atoms with Gasteiger partial charge in [0, 0.05) is 0 Å². The topological polar surface area (TPSA) is 12.9 Å². The van der Waals surface area contributed by atoms with Crippen molar-refractivity contribution in [2.24, 2.45) is 0 Å². The second-order valence-corrected chi connectivity index (χ2v) is 6.17. The van der Waals surface area contributed by atoms with Crippen molar-refractivity contribution in [3.8, 4) is 0 Å². The highest BCUT2D eigenvalue weighted by Crippen LogP contribution is 2.26. The minimum atomic E-state index is 0.0990. The van der Waals surface area contributed by atoms with Crippen molar-refractivity contribution in [1.29, 1.82) is 0 Å². The predicted molar refractivity (Wildman–Crippen MR) is 54.5 cm³/mol. The minimum absolute atomic E-state index is 0.0990. The fourth-order valence-electron chi connectivity index (χ4n) is 0.784. The fraction of sp³-hybridized carbons (Fsp3) is 0.143. The molecule has 0 radical (unpaired) electrons. The van der Waals surface area contributed by atoms with Crippen LogP contribution in [-0.4, -0.2) is 8.49 Å². The highest BCUT2D eigenvalue weighted by molar-refractivity contribution is 14.2. The molecule has 0 aliphatic carbocycles. The van der Waals surface area contributed by atoms with Gasteiger partial charge in [-0.15, -0.1) is 11.3 Å². The average Bonchev–Trinajstić information content (AvgIpc) is 2.33. The van der Waals surface area contributed by atoms with Crippen LogP contribution in [-0.2, 0) is 0 Å². The van der Waals surface area contributed by atoms with E-state index in [-0.39, 0.29) is 20.7 Å². The van der Waals surface area contributed by atoms with Gasteiger partial charge < -0.3 is 0 Å².